The normalized spacial score (nSPS) is 34.5. The van der Waals surface area contributed by atoms with Crippen molar-refractivity contribution in [2.24, 2.45) is 0 Å². The number of hydrogen-bond acceptors (Lipinski definition) is 4. The summed E-state index contributed by atoms with van der Waals surface area (Å²) in [6.45, 7) is 1.66. The van der Waals surface area contributed by atoms with Gasteiger partial charge in [0.15, 0.2) is 0 Å². The van der Waals surface area contributed by atoms with Gasteiger partial charge in [-0.25, -0.2) is 0 Å². The van der Waals surface area contributed by atoms with Crippen molar-refractivity contribution in [3.63, 3.8) is 0 Å². The Balaban J connectivity index is 2.20. The molecule has 0 aromatic carbocycles. The Labute approximate surface area is 72.1 Å². The molecule has 0 spiro atoms. The summed E-state index contributed by atoms with van der Waals surface area (Å²) < 4.78 is 10.3. The summed E-state index contributed by atoms with van der Waals surface area (Å²) in [5, 5.41) is 18.5. The highest BCUT2D eigenvalue weighted by atomic mass is 16.5. The van der Waals surface area contributed by atoms with Crippen LogP contribution in [0.15, 0.2) is 0 Å². The topological polar surface area (TPSA) is 58.9 Å². The van der Waals surface area contributed by atoms with E-state index in [0.29, 0.717) is 39.3 Å². The van der Waals surface area contributed by atoms with E-state index >= 15 is 0 Å². The molecule has 0 saturated carbocycles. The first-order chi connectivity index (χ1) is 5.79. The van der Waals surface area contributed by atoms with Crippen LogP contribution in [0.3, 0.4) is 0 Å². The molecule has 12 heavy (non-hydrogen) atoms. The predicted molar refractivity (Wildman–Crippen MR) is 42.9 cm³/mol. The maximum Gasteiger partial charge on any atom is 0.0795 e. The van der Waals surface area contributed by atoms with Crippen molar-refractivity contribution in [1.82, 2.24) is 0 Å². The van der Waals surface area contributed by atoms with E-state index < -0.39 is 12.2 Å². The second kappa shape index (κ2) is 5.48. The minimum Gasteiger partial charge on any atom is -0.391 e. The number of hydrogen-bond donors (Lipinski definition) is 2. The van der Waals surface area contributed by atoms with Crippen molar-refractivity contribution in [3.05, 3.63) is 0 Å². The molecule has 0 aromatic rings. The molecule has 0 bridgehead atoms. The highest BCUT2D eigenvalue weighted by Crippen LogP contribution is 2.01. The highest BCUT2D eigenvalue weighted by Gasteiger charge is 2.10. The van der Waals surface area contributed by atoms with Gasteiger partial charge in [-0.15, -0.1) is 0 Å². The Bertz CT molecular complexity index is 91.6. The fourth-order valence-corrected chi connectivity index (χ4v) is 1.04. The van der Waals surface area contributed by atoms with Crippen molar-refractivity contribution in [1.29, 1.82) is 0 Å². The van der Waals surface area contributed by atoms with Gasteiger partial charge in [0.25, 0.3) is 0 Å². The summed E-state index contributed by atoms with van der Waals surface area (Å²) in [6, 6.07) is 0. The van der Waals surface area contributed by atoms with E-state index in [1.54, 1.807) is 0 Å². The van der Waals surface area contributed by atoms with Crippen LogP contribution in [0, 0.1) is 0 Å². The molecule has 1 heterocycles. The molecule has 0 aromatic heterocycles. The van der Waals surface area contributed by atoms with Gasteiger partial charge in [0.05, 0.1) is 25.4 Å². The molecule has 1 aliphatic heterocycles. The third kappa shape index (κ3) is 4.01. The molecule has 1 fully saturated rings. The van der Waals surface area contributed by atoms with Gasteiger partial charge in [-0.05, 0) is 12.8 Å². The van der Waals surface area contributed by atoms with Crippen LogP contribution < -0.4 is 0 Å². The average molecular weight is 176 g/mol. The number of ether oxygens (including phenoxy) is 2. The monoisotopic (exact) mass is 176 g/mol. The van der Waals surface area contributed by atoms with Gasteiger partial charge in [-0.1, -0.05) is 0 Å². The fourth-order valence-electron chi connectivity index (χ4n) is 1.04. The van der Waals surface area contributed by atoms with Crippen molar-refractivity contribution < 1.29 is 19.7 Å². The van der Waals surface area contributed by atoms with E-state index in [2.05, 4.69) is 0 Å². The van der Waals surface area contributed by atoms with E-state index in [9.17, 15) is 10.2 Å². The standard InChI is InChI=1S/C8H16O4/c9-7-1-3-11-6-8(10)2-4-12-5-7/h7-10H,1-6H2/t7-,8+. The Morgan fingerprint density at radius 2 is 1.25 bits per heavy atom. The second-order valence-electron chi connectivity index (χ2n) is 3.03. The molecule has 1 aliphatic rings. The van der Waals surface area contributed by atoms with Crippen molar-refractivity contribution in [2.45, 2.75) is 25.0 Å². The average Bonchev–Trinajstić information content (AvgIpc) is 2.06. The Morgan fingerprint density at radius 3 is 1.67 bits per heavy atom. The Kier molecular flexibility index (Phi) is 4.53. The third-order valence-electron chi connectivity index (χ3n) is 1.81. The predicted octanol–water partition coefficient (Wildman–Crippen LogP) is -0.465. The molecule has 72 valence electrons. The number of aliphatic hydroxyl groups excluding tert-OH is 2. The summed E-state index contributed by atoms with van der Waals surface area (Å²) in [7, 11) is 0. The molecule has 2 N–H and O–H groups in total. The van der Waals surface area contributed by atoms with E-state index in [1.165, 1.54) is 0 Å². The van der Waals surface area contributed by atoms with E-state index in [4.69, 9.17) is 9.47 Å². The van der Waals surface area contributed by atoms with E-state index in [-0.39, 0.29) is 0 Å². The minimum absolute atomic E-state index is 0.343. The van der Waals surface area contributed by atoms with Crippen LogP contribution in [0.1, 0.15) is 12.8 Å². The number of rotatable bonds is 0. The molecule has 0 unspecified atom stereocenters. The van der Waals surface area contributed by atoms with Gasteiger partial charge in [0, 0.05) is 13.2 Å². The first kappa shape index (κ1) is 9.92. The smallest absolute Gasteiger partial charge is 0.0795 e. The second-order valence-corrected chi connectivity index (χ2v) is 3.03. The maximum absolute atomic E-state index is 9.23. The minimum atomic E-state index is -0.430. The fraction of sp³-hybridized carbons (Fsp3) is 1.00. The zero-order valence-electron chi connectivity index (χ0n) is 7.11. The van der Waals surface area contributed by atoms with Gasteiger partial charge in [-0.2, -0.15) is 0 Å². The zero-order valence-corrected chi connectivity index (χ0v) is 7.11. The lowest BCUT2D eigenvalue weighted by Crippen LogP contribution is -2.25. The van der Waals surface area contributed by atoms with Crippen LogP contribution in [0.4, 0.5) is 0 Å². The van der Waals surface area contributed by atoms with Crippen LogP contribution in [0.5, 0.6) is 0 Å². The van der Waals surface area contributed by atoms with Gasteiger partial charge in [0.2, 0.25) is 0 Å². The molecule has 1 rings (SSSR count). The molecule has 0 aliphatic carbocycles. The largest absolute Gasteiger partial charge is 0.391 e. The summed E-state index contributed by atoms with van der Waals surface area (Å²) in [4.78, 5) is 0. The first-order valence-corrected chi connectivity index (χ1v) is 4.30. The lowest BCUT2D eigenvalue weighted by molar-refractivity contribution is -0.0361. The summed E-state index contributed by atoms with van der Waals surface area (Å²) in [5.41, 5.74) is 0. The molecule has 0 radical (unpaired) electrons. The maximum atomic E-state index is 9.23. The van der Waals surface area contributed by atoms with E-state index in [1.807, 2.05) is 0 Å². The molecular weight excluding hydrogens is 160 g/mol. The Morgan fingerprint density at radius 1 is 0.833 bits per heavy atom. The lowest BCUT2D eigenvalue weighted by Gasteiger charge is -2.17. The van der Waals surface area contributed by atoms with Crippen LogP contribution in [0.25, 0.3) is 0 Å². The van der Waals surface area contributed by atoms with Crippen LogP contribution in [-0.2, 0) is 9.47 Å². The van der Waals surface area contributed by atoms with Crippen LogP contribution >= 0.6 is 0 Å². The van der Waals surface area contributed by atoms with Crippen molar-refractivity contribution >= 4 is 0 Å². The van der Waals surface area contributed by atoms with Gasteiger partial charge < -0.3 is 19.7 Å². The summed E-state index contributed by atoms with van der Waals surface area (Å²) >= 11 is 0. The van der Waals surface area contributed by atoms with Crippen molar-refractivity contribution in [2.75, 3.05) is 26.4 Å². The molecule has 0 amide bonds. The molecule has 2 atom stereocenters. The summed E-state index contributed by atoms with van der Waals surface area (Å²) in [6.07, 6.45) is 0.292. The van der Waals surface area contributed by atoms with Crippen LogP contribution in [0.2, 0.25) is 0 Å². The SMILES string of the molecule is O[C@@H]1CCOC[C@@H](O)CCOC1. The van der Waals surface area contributed by atoms with Gasteiger partial charge in [0.1, 0.15) is 0 Å². The third-order valence-corrected chi connectivity index (χ3v) is 1.81. The molecule has 4 heteroatoms. The summed E-state index contributed by atoms with van der Waals surface area (Å²) in [5.74, 6) is 0. The van der Waals surface area contributed by atoms with Gasteiger partial charge >= 0.3 is 0 Å². The highest BCUT2D eigenvalue weighted by molar-refractivity contribution is 4.58. The lowest BCUT2D eigenvalue weighted by atomic mass is 10.2. The molecule has 1 saturated heterocycles. The van der Waals surface area contributed by atoms with Crippen LogP contribution in [-0.4, -0.2) is 48.8 Å². The first-order valence-electron chi connectivity index (χ1n) is 4.30. The molecule has 4 nitrogen and oxygen atoms in total. The van der Waals surface area contributed by atoms with Gasteiger partial charge in [-0.3, -0.25) is 0 Å². The zero-order chi connectivity index (χ0) is 8.81. The Hall–Kier alpha value is -0.160. The number of aliphatic hydroxyl groups is 2. The quantitative estimate of drug-likeness (QED) is 0.524. The molecular formula is C8H16O4. The van der Waals surface area contributed by atoms with Crippen molar-refractivity contribution in [3.8, 4) is 0 Å². The van der Waals surface area contributed by atoms with E-state index in [0.717, 1.165) is 0 Å².